The number of hydrogen-bond acceptors (Lipinski definition) is 3. The fourth-order valence-electron chi connectivity index (χ4n) is 1.21. The minimum atomic E-state index is -0.598. The topological polar surface area (TPSA) is 35.5 Å². The maximum Gasteiger partial charge on any atom is 0.336 e. The Morgan fingerprint density at radius 3 is 2.53 bits per heavy atom. The van der Waals surface area contributed by atoms with E-state index in [0.29, 0.717) is 11.3 Å². The Morgan fingerprint density at radius 2 is 2.00 bits per heavy atom. The Labute approximate surface area is 95.8 Å². The second-order valence-electron chi connectivity index (χ2n) is 3.20. The molecule has 0 saturated carbocycles. The lowest BCUT2D eigenvalue weighted by Crippen LogP contribution is -2.15. The second kappa shape index (κ2) is 4.06. The summed E-state index contributed by atoms with van der Waals surface area (Å²) >= 11 is 3.32. The summed E-state index contributed by atoms with van der Waals surface area (Å²) in [6.45, 7) is 1.70. The van der Waals surface area contributed by atoms with Gasteiger partial charge >= 0.3 is 5.97 Å². The van der Waals surface area contributed by atoms with Crippen molar-refractivity contribution in [1.82, 2.24) is 0 Å². The van der Waals surface area contributed by atoms with Crippen molar-refractivity contribution < 1.29 is 14.3 Å². The molecule has 1 aliphatic rings. The highest BCUT2D eigenvalue weighted by Gasteiger charge is 2.23. The van der Waals surface area contributed by atoms with Gasteiger partial charge in [-0.05, 0) is 31.2 Å². The zero-order valence-corrected chi connectivity index (χ0v) is 9.65. The van der Waals surface area contributed by atoms with E-state index in [-0.39, 0.29) is 5.97 Å². The lowest BCUT2D eigenvalue weighted by Gasteiger charge is -2.10. The van der Waals surface area contributed by atoms with Gasteiger partial charge in [0.2, 0.25) is 0 Å². The lowest BCUT2D eigenvalue weighted by atomic mass is 10.3. The predicted molar refractivity (Wildman–Crippen MR) is 58.4 cm³/mol. The van der Waals surface area contributed by atoms with Gasteiger partial charge < -0.3 is 9.47 Å². The third-order valence-electron chi connectivity index (χ3n) is 2.00. The van der Waals surface area contributed by atoms with Crippen molar-refractivity contribution in [3.63, 3.8) is 0 Å². The Morgan fingerprint density at radius 1 is 1.33 bits per heavy atom. The number of ether oxygens (including phenoxy) is 2. The molecule has 0 aromatic heterocycles. The van der Waals surface area contributed by atoms with Crippen LogP contribution in [0.3, 0.4) is 0 Å². The Hall–Kier alpha value is -1.29. The summed E-state index contributed by atoms with van der Waals surface area (Å²) in [5.74, 6) is 0.346. The molecule has 1 heterocycles. The van der Waals surface area contributed by atoms with Crippen molar-refractivity contribution in [3.05, 3.63) is 40.4 Å². The van der Waals surface area contributed by atoms with Crippen LogP contribution in [0.15, 0.2) is 40.4 Å². The highest BCUT2D eigenvalue weighted by Crippen LogP contribution is 2.20. The van der Waals surface area contributed by atoms with E-state index in [9.17, 15) is 4.79 Å². The van der Waals surface area contributed by atoms with Crippen LogP contribution in [0.25, 0.3) is 0 Å². The normalized spacial score (nSPS) is 19.7. The molecule has 1 aliphatic heterocycles. The molecular weight excluding hydrogens is 260 g/mol. The summed E-state index contributed by atoms with van der Waals surface area (Å²) in [4.78, 5) is 11.1. The maximum absolute atomic E-state index is 11.1. The zero-order valence-electron chi connectivity index (χ0n) is 8.07. The number of carbonyl (C=O) groups excluding carboxylic acids is 1. The van der Waals surface area contributed by atoms with E-state index in [1.165, 1.54) is 0 Å². The minimum absolute atomic E-state index is 0.322. The van der Waals surface area contributed by atoms with Crippen LogP contribution in [0.2, 0.25) is 0 Å². The summed E-state index contributed by atoms with van der Waals surface area (Å²) in [5.41, 5.74) is 0.581. The molecule has 78 valence electrons. The van der Waals surface area contributed by atoms with Gasteiger partial charge in [0.25, 0.3) is 6.29 Å². The van der Waals surface area contributed by atoms with Gasteiger partial charge in [-0.2, -0.15) is 0 Å². The third-order valence-corrected chi connectivity index (χ3v) is 2.53. The molecule has 0 N–H and O–H groups in total. The first-order valence-electron chi connectivity index (χ1n) is 4.47. The molecule has 0 amide bonds. The first-order valence-corrected chi connectivity index (χ1v) is 5.26. The van der Waals surface area contributed by atoms with Gasteiger partial charge in [-0.15, -0.1) is 0 Å². The van der Waals surface area contributed by atoms with Crippen LogP contribution in [0.5, 0.6) is 5.75 Å². The average molecular weight is 269 g/mol. The fraction of sp³-hybridized carbons (Fsp3) is 0.182. The smallest absolute Gasteiger partial charge is 0.336 e. The average Bonchev–Trinajstić information content (AvgIpc) is 2.50. The van der Waals surface area contributed by atoms with Gasteiger partial charge in [-0.1, -0.05) is 15.9 Å². The molecule has 1 unspecified atom stereocenters. The van der Waals surface area contributed by atoms with Crippen molar-refractivity contribution >= 4 is 21.9 Å². The summed E-state index contributed by atoms with van der Waals surface area (Å²) in [5, 5.41) is 0. The number of halogens is 1. The van der Waals surface area contributed by atoms with Crippen LogP contribution in [-0.4, -0.2) is 12.3 Å². The van der Waals surface area contributed by atoms with Gasteiger partial charge in [-0.25, -0.2) is 4.79 Å². The van der Waals surface area contributed by atoms with Crippen molar-refractivity contribution in [2.45, 2.75) is 13.2 Å². The fourth-order valence-corrected chi connectivity index (χ4v) is 1.47. The van der Waals surface area contributed by atoms with E-state index < -0.39 is 6.29 Å². The molecule has 1 atom stereocenters. The Kier molecular flexibility index (Phi) is 2.77. The van der Waals surface area contributed by atoms with Crippen molar-refractivity contribution in [3.8, 4) is 5.75 Å². The molecule has 1 aromatic rings. The van der Waals surface area contributed by atoms with Gasteiger partial charge in [0.15, 0.2) is 0 Å². The Balaban J connectivity index is 2.05. The first-order chi connectivity index (χ1) is 7.15. The molecule has 0 saturated heterocycles. The van der Waals surface area contributed by atoms with Gasteiger partial charge in [0.1, 0.15) is 5.75 Å². The van der Waals surface area contributed by atoms with E-state index in [0.717, 1.165) is 4.47 Å². The zero-order chi connectivity index (χ0) is 10.8. The summed E-state index contributed by atoms with van der Waals surface area (Å²) < 4.78 is 11.3. The molecule has 15 heavy (non-hydrogen) atoms. The number of esters is 1. The highest BCUT2D eigenvalue weighted by atomic mass is 79.9. The maximum atomic E-state index is 11.1. The molecular formula is C11H9BrO3. The summed E-state index contributed by atoms with van der Waals surface area (Å²) in [6.07, 6.45) is 1.06. The molecule has 0 spiro atoms. The quantitative estimate of drug-likeness (QED) is 0.774. The van der Waals surface area contributed by atoms with Crippen LogP contribution in [0, 0.1) is 0 Å². The molecule has 0 fully saturated rings. The van der Waals surface area contributed by atoms with Crippen molar-refractivity contribution in [2.75, 3.05) is 0 Å². The summed E-state index contributed by atoms with van der Waals surface area (Å²) in [7, 11) is 0. The monoisotopic (exact) mass is 268 g/mol. The number of rotatable bonds is 2. The standard InChI is InChI=1S/C11H9BrO3/c1-7-6-10(15-11(7)13)14-9-4-2-8(12)3-5-9/h2-6,10H,1H3. The Bertz CT molecular complexity index is 408. The van der Waals surface area contributed by atoms with Crippen LogP contribution in [0.4, 0.5) is 0 Å². The first kappa shape index (κ1) is 10.2. The number of cyclic esters (lactones) is 1. The number of hydrogen-bond donors (Lipinski definition) is 0. The second-order valence-corrected chi connectivity index (χ2v) is 4.11. The lowest BCUT2D eigenvalue weighted by molar-refractivity contribution is -0.148. The molecule has 4 heteroatoms. The van der Waals surface area contributed by atoms with E-state index in [1.54, 1.807) is 25.1 Å². The van der Waals surface area contributed by atoms with Crippen LogP contribution >= 0.6 is 15.9 Å². The summed E-state index contributed by atoms with van der Waals surface area (Å²) in [6, 6.07) is 7.34. The SMILES string of the molecule is CC1=CC(Oc2ccc(Br)cc2)OC1=O. The predicted octanol–water partition coefficient (Wildman–Crippen LogP) is 2.66. The largest absolute Gasteiger partial charge is 0.451 e. The molecule has 0 aliphatic carbocycles. The van der Waals surface area contributed by atoms with Crippen LogP contribution < -0.4 is 4.74 Å². The van der Waals surface area contributed by atoms with E-state index >= 15 is 0 Å². The van der Waals surface area contributed by atoms with Crippen LogP contribution in [0.1, 0.15) is 6.92 Å². The van der Waals surface area contributed by atoms with Gasteiger partial charge in [0.05, 0.1) is 0 Å². The third kappa shape index (κ3) is 2.39. The van der Waals surface area contributed by atoms with E-state index in [1.807, 2.05) is 12.1 Å². The van der Waals surface area contributed by atoms with Crippen molar-refractivity contribution in [2.24, 2.45) is 0 Å². The van der Waals surface area contributed by atoms with E-state index in [4.69, 9.17) is 9.47 Å². The molecule has 1 aromatic carbocycles. The van der Waals surface area contributed by atoms with Gasteiger partial charge in [-0.3, -0.25) is 0 Å². The van der Waals surface area contributed by atoms with Crippen LogP contribution in [-0.2, 0) is 9.53 Å². The van der Waals surface area contributed by atoms with Crippen molar-refractivity contribution in [1.29, 1.82) is 0 Å². The number of carbonyl (C=O) groups is 1. The highest BCUT2D eigenvalue weighted by molar-refractivity contribution is 9.10. The van der Waals surface area contributed by atoms with E-state index in [2.05, 4.69) is 15.9 Å². The number of benzene rings is 1. The minimum Gasteiger partial charge on any atom is -0.451 e. The van der Waals surface area contributed by atoms with Gasteiger partial charge in [0, 0.05) is 16.1 Å². The molecule has 0 radical (unpaired) electrons. The molecule has 3 nitrogen and oxygen atoms in total. The molecule has 2 rings (SSSR count). The molecule has 0 bridgehead atoms.